The molecule has 0 aromatic heterocycles. The normalized spacial score (nSPS) is 13.7. The van der Waals surface area contributed by atoms with Gasteiger partial charge in [-0.3, -0.25) is 0 Å². The molecule has 0 heterocycles. The van der Waals surface area contributed by atoms with Gasteiger partial charge in [-0.15, -0.1) is 0 Å². The third-order valence-electron chi connectivity index (χ3n) is 5.82. The molecule has 0 radical (unpaired) electrons. The summed E-state index contributed by atoms with van der Waals surface area (Å²) >= 11 is 20.0. The molecule has 0 unspecified atom stereocenters. The first-order valence-electron chi connectivity index (χ1n) is 9.41. The Kier molecular flexibility index (Phi) is 5.10. The smallest absolute Gasteiger partial charge is 0.134 e. The van der Waals surface area contributed by atoms with Gasteiger partial charge in [0.15, 0.2) is 0 Å². The van der Waals surface area contributed by atoms with E-state index >= 15 is 0 Å². The molecule has 2 nitrogen and oxygen atoms in total. The molecule has 0 saturated heterocycles. The van der Waals surface area contributed by atoms with Crippen LogP contribution >= 0.6 is 55.1 Å². The summed E-state index contributed by atoms with van der Waals surface area (Å²) in [4.78, 5) is 0. The van der Waals surface area contributed by atoms with Gasteiger partial charge in [0, 0.05) is 8.95 Å². The molecule has 0 amide bonds. The van der Waals surface area contributed by atoms with Crippen LogP contribution in [-0.2, 0) is 5.41 Å². The molecule has 4 aromatic carbocycles. The molecule has 2 N–H and O–H groups in total. The van der Waals surface area contributed by atoms with E-state index in [9.17, 15) is 10.2 Å². The highest BCUT2D eigenvalue weighted by molar-refractivity contribution is 9.10. The summed E-state index contributed by atoms with van der Waals surface area (Å²) < 4.78 is 1.88. The van der Waals surface area contributed by atoms with Crippen molar-refractivity contribution < 1.29 is 10.2 Å². The van der Waals surface area contributed by atoms with Gasteiger partial charge in [0.05, 0.1) is 15.5 Å². The van der Waals surface area contributed by atoms with Crippen LogP contribution in [0.1, 0.15) is 22.3 Å². The summed E-state index contributed by atoms with van der Waals surface area (Å²) in [6.45, 7) is 0. The van der Waals surface area contributed by atoms with Crippen molar-refractivity contribution in [3.63, 3.8) is 0 Å². The van der Waals surface area contributed by atoms with Gasteiger partial charge in [0.25, 0.3) is 0 Å². The van der Waals surface area contributed by atoms with Crippen molar-refractivity contribution in [2.24, 2.45) is 0 Å². The van der Waals surface area contributed by atoms with E-state index in [1.807, 2.05) is 24.3 Å². The molecule has 1 aliphatic rings. The minimum atomic E-state index is -0.757. The zero-order chi connectivity index (χ0) is 21.9. The number of benzene rings is 4. The molecule has 31 heavy (non-hydrogen) atoms. The van der Waals surface area contributed by atoms with Crippen LogP contribution in [0.4, 0.5) is 0 Å². The quantitative estimate of drug-likeness (QED) is 0.222. The van der Waals surface area contributed by atoms with Gasteiger partial charge >= 0.3 is 0 Å². The fourth-order valence-corrected chi connectivity index (χ4v) is 5.62. The number of aromatic hydroxyl groups is 2. The molecule has 154 valence electrons. The third-order valence-corrected chi connectivity index (χ3v) is 7.41. The highest BCUT2D eigenvalue weighted by Gasteiger charge is 2.46. The fraction of sp³-hybridized carbons (Fsp3) is 0.0400. The van der Waals surface area contributed by atoms with Crippen LogP contribution < -0.4 is 0 Å². The van der Waals surface area contributed by atoms with E-state index in [2.05, 4.69) is 56.1 Å². The monoisotopic (exact) mass is 574 g/mol. The van der Waals surface area contributed by atoms with Gasteiger partial charge < -0.3 is 10.2 Å². The van der Waals surface area contributed by atoms with Crippen molar-refractivity contribution in [1.29, 1.82) is 0 Å². The number of hydrogen-bond donors (Lipinski definition) is 2. The SMILES string of the molecule is Oc1ccc(C2(c3ccc(O)c(Cl)c3)c3cc(Br)ccc3-c3ccc(Br)cc32)cc1Cl. The van der Waals surface area contributed by atoms with Crippen LogP contribution in [0.15, 0.2) is 81.7 Å². The Balaban J connectivity index is 2.00. The lowest BCUT2D eigenvalue weighted by Crippen LogP contribution is -2.28. The molecule has 6 heteroatoms. The number of phenols is 2. The molecule has 0 spiro atoms. The first-order valence-corrected chi connectivity index (χ1v) is 11.7. The van der Waals surface area contributed by atoms with E-state index in [4.69, 9.17) is 23.2 Å². The van der Waals surface area contributed by atoms with Gasteiger partial charge in [0.2, 0.25) is 0 Å². The van der Waals surface area contributed by atoms with Gasteiger partial charge in [-0.2, -0.15) is 0 Å². The molecule has 0 atom stereocenters. The lowest BCUT2D eigenvalue weighted by Gasteiger charge is -2.34. The van der Waals surface area contributed by atoms with E-state index in [-0.39, 0.29) is 21.5 Å². The van der Waals surface area contributed by atoms with Crippen LogP contribution in [-0.4, -0.2) is 10.2 Å². The number of phenolic OH excluding ortho intramolecular Hbond substituents is 2. The zero-order valence-electron chi connectivity index (χ0n) is 15.8. The summed E-state index contributed by atoms with van der Waals surface area (Å²) in [5.74, 6) is 0.0393. The summed E-state index contributed by atoms with van der Waals surface area (Å²) in [5, 5.41) is 20.7. The molecular weight excluding hydrogens is 563 g/mol. The van der Waals surface area contributed by atoms with Gasteiger partial charge in [-0.1, -0.05) is 79.3 Å². The maximum absolute atomic E-state index is 10.1. The Morgan fingerprint density at radius 1 is 0.581 bits per heavy atom. The van der Waals surface area contributed by atoms with E-state index in [0.717, 1.165) is 42.3 Å². The predicted octanol–water partition coefficient (Wildman–Crippen LogP) is 8.29. The second-order valence-corrected chi connectivity index (χ2v) is 10.1. The second kappa shape index (κ2) is 7.56. The highest BCUT2D eigenvalue weighted by atomic mass is 79.9. The first-order chi connectivity index (χ1) is 14.8. The maximum atomic E-state index is 10.1. The van der Waals surface area contributed by atoms with Crippen molar-refractivity contribution in [3.05, 3.63) is 114 Å². The molecule has 5 rings (SSSR count). The predicted molar refractivity (Wildman–Crippen MR) is 132 cm³/mol. The summed E-state index contributed by atoms with van der Waals surface area (Å²) in [6.07, 6.45) is 0. The largest absolute Gasteiger partial charge is 0.506 e. The maximum Gasteiger partial charge on any atom is 0.134 e. The van der Waals surface area contributed by atoms with Crippen LogP contribution in [0.3, 0.4) is 0 Å². The van der Waals surface area contributed by atoms with E-state index in [1.165, 1.54) is 0 Å². The van der Waals surface area contributed by atoms with Crippen LogP contribution in [0, 0.1) is 0 Å². The molecule has 4 aromatic rings. The van der Waals surface area contributed by atoms with Crippen molar-refractivity contribution in [1.82, 2.24) is 0 Å². The van der Waals surface area contributed by atoms with Crippen LogP contribution in [0.25, 0.3) is 11.1 Å². The van der Waals surface area contributed by atoms with Crippen molar-refractivity contribution in [2.75, 3.05) is 0 Å². The Morgan fingerprint density at radius 2 is 1.00 bits per heavy atom. The minimum Gasteiger partial charge on any atom is -0.506 e. The molecule has 0 fully saturated rings. The summed E-state index contributed by atoms with van der Waals surface area (Å²) in [6, 6.07) is 23.0. The molecule has 0 bridgehead atoms. The number of halogens is 4. The average Bonchev–Trinajstić information content (AvgIpc) is 3.01. The van der Waals surface area contributed by atoms with Crippen LogP contribution in [0.2, 0.25) is 10.0 Å². The summed E-state index contributed by atoms with van der Waals surface area (Å²) in [7, 11) is 0. The van der Waals surface area contributed by atoms with Gasteiger partial charge in [-0.05, 0) is 81.9 Å². The van der Waals surface area contributed by atoms with E-state index < -0.39 is 5.41 Å². The number of hydrogen-bond acceptors (Lipinski definition) is 2. The molecular formula is C25H14Br2Cl2O2. The second-order valence-electron chi connectivity index (χ2n) is 7.46. The van der Waals surface area contributed by atoms with Crippen LogP contribution in [0.5, 0.6) is 11.5 Å². The Hall–Kier alpha value is -1.98. The zero-order valence-corrected chi connectivity index (χ0v) is 20.5. The molecule has 0 aliphatic heterocycles. The van der Waals surface area contributed by atoms with Crippen molar-refractivity contribution in [3.8, 4) is 22.6 Å². The first kappa shape index (κ1) is 20.9. The standard InChI is InChI=1S/C25H14Br2Cl2O2/c26-15-3-5-17-18-6-4-16(27)12-20(18)25(19(17)11-15,13-1-7-23(30)21(28)9-13)14-2-8-24(31)22(29)10-14/h1-12,30-31H. The Labute approximate surface area is 206 Å². The molecule has 0 saturated carbocycles. The molecule has 1 aliphatic carbocycles. The highest BCUT2D eigenvalue weighted by Crippen LogP contribution is 2.58. The summed E-state index contributed by atoms with van der Waals surface area (Å²) in [5.41, 5.74) is 5.31. The van der Waals surface area contributed by atoms with E-state index in [1.54, 1.807) is 24.3 Å². The average molecular weight is 577 g/mol. The topological polar surface area (TPSA) is 40.5 Å². The van der Waals surface area contributed by atoms with Gasteiger partial charge in [-0.25, -0.2) is 0 Å². The fourth-order valence-electron chi connectivity index (χ4n) is 4.54. The lowest BCUT2D eigenvalue weighted by atomic mass is 9.67. The Morgan fingerprint density at radius 3 is 1.39 bits per heavy atom. The third kappa shape index (κ3) is 3.12. The Bertz CT molecular complexity index is 1260. The lowest BCUT2D eigenvalue weighted by molar-refractivity contribution is 0.475. The van der Waals surface area contributed by atoms with Crippen molar-refractivity contribution in [2.45, 2.75) is 5.41 Å². The van der Waals surface area contributed by atoms with Crippen molar-refractivity contribution >= 4 is 55.1 Å². The van der Waals surface area contributed by atoms with E-state index in [0.29, 0.717) is 0 Å². The number of rotatable bonds is 2. The minimum absolute atomic E-state index is 0.0197. The van der Waals surface area contributed by atoms with Gasteiger partial charge in [0.1, 0.15) is 11.5 Å². The number of fused-ring (bicyclic) bond motifs is 3.